The third-order valence-corrected chi connectivity index (χ3v) is 4.57. The van der Waals surface area contributed by atoms with Crippen LogP contribution in [0.3, 0.4) is 0 Å². The minimum absolute atomic E-state index is 0.129. The van der Waals surface area contributed by atoms with E-state index in [1.54, 1.807) is 24.3 Å². The number of anilines is 2. The maximum absolute atomic E-state index is 12.8. The number of nitrogens with zero attached hydrogens (tertiary/aromatic N) is 1. The number of benzene rings is 2. The van der Waals surface area contributed by atoms with E-state index in [2.05, 4.69) is 15.5 Å². The van der Waals surface area contributed by atoms with Crippen LogP contribution in [0.15, 0.2) is 48.5 Å². The van der Waals surface area contributed by atoms with Crippen molar-refractivity contribution in [2.45, 2.75) is 20.0 Å². The first-order valence-electron chi connectivity index (χ1n) is 9.47. The molecule has 0 atom stereocenters. The molecule has 0 saturated carbocycles. The predicted molar refractivity (Wildman–Crippen MR) is 116 cm³/mol. The van der Waals surface area contributed by atoms with Crippen LogP contribution in [0.5, 0.6) is 0 Å². The van der Waals surface area contributed by atoms with Crippen LogP contribution in [0, 0.1) is 0 Å². The summed E-state index contributed by atoms with van der Waals surface area (Å²) >= 11 is 5.14. The van der Waals surface area contributed by atoms with Gasteiger partial charge in [0.05, 0.1) is 11.1 Å². The van der Waals surface area contributed by atoms with Crippen molar-refractivity contribution in [3.05, 3.63) is 59.7 Å². The molecular formula is C21H24F3N3O2S. The lowest BCUT2D eigenvalue weighted by atomic mass is 10.2. The lowest BCUT2D eigenvalue weighted by Gasteiger charge is -2.17. The average Bonchev–Trinajstić information content (AvgIpc) is 2.71. The Morgan fingerprint density at radius 1 is 1.03 bits per heavy atom. The molecule has 0 spiro atoms. The number of carbonyl (C=O) groups is 1. The van der Waals surface area contributed by atoms with Gasteiger partial charge in [0.1, 0.15) is 6.61 Å². The van der Waals surface area contributed by atoms with Crippen LogP contribution in [0.25, 0.3) is 0 Å². The molecule has 0 aliphatic heterocycles. The first-order chi connectivity index (χ1) is 14.2. The van der Waals surface area contributed by atoms with Gasteiger partial charge in [-0.3, -0.25) is 0 Å². The second-order valence-corrected chi connectivity index (χ2v) is 6.81. The zero-order valence-electron chi connectivity index (χ0n) is 16.8. The average molecular weight is 440 g/mol. The van der Waals surface area contributed by atoms with E-state index >= 15 is 0 Å². The molecule has 2 N–H and O–H groups in total. The third kappa shape index (κ3) is 7.31. The zero-order valence-corrected chi connectivity index (χ0v) is 17.6. The van der Waals surface area contributed by atoms with Gasteiger partial charge < -0.3 is 20.3 Å². The van der Waals surface area contributed by atoms with E-state index in [1.807, 2.05) is 13.8 Å². The van der Waals surface area contributed by atoms with E-state index in [9.17, 15) is 18.0 Å². The van der Waals surface area contributed by atoms with Gasteiger partial charge in [-0.25, -0.2) is 4.79 Å². The number of hydrogen-bond donors (Lipinski definition) is 2. The molecule has 0 unspecified atom stereocenters. The summed E-state index contributed by atoms with van der Waals surface area (Å²) in [6.45, 7) is 6.86. The fraction of sp³-hybridized carbons (Fsp3) is 0.333. The van der Waals surface area contributed by atoms with E-state index in [0.717, 1.165) is 25.2 Å². The maximum atomic E-state index is 12.8. The molecule has 30 heavy (non-hydrogen) atoms. The molecule has 0 radical (unpaired) electrons. The molecule has 0 aromatic heterocycles. The van der Waals surface area contributed by atoms with Gasteiger partial charge in [-0.15, -0.1) is 0 Å². The van der Waals surface area contributed by atoms with Crippen LogP contribution in [0.2, 0.25) is 0 Å². The Kier molecular flexibility index (Phi) is 8.61. The summed E-state index contributed by atoms with van der Waals surface area (Å²) in [5, 5.41) is 5.71. The Morgan fingerprint density at radius 3 is 2.27 bits per heavy atom. The summed E-state index contributed by atoms with van der Waals surface area (Å²) in [6, 6.07) is 11.2. The molecular weight excluding hydrogens is 415 g/mol. The number of nitrogens with one attached hydrogen (secondary N) is 2. The fourth-order valence-electron chi connectivity index (χ4n) is 2.65. The molecule has 5 nitrogen and oxygen atoms in total. The highest BCUT2D eigenvalue weighted by molar-refractivity contribution is 7.80. The van der Waals surface area contributed by atoms with Gasteiger partial charge >= 0.3 is 12.1 Å². The molecule has 0 fully saturated rings. The summed E-state index contributed by atoms with van der Waals surface area (Å²) in [4.78, 5) is 14.3. The van der Waals surface area contributed by atoms with Gasteiger partial charge in [-0.05, 0) is 67.8 Å². The standard InChI is InChI=1S/C21H24F3N3O2S/c1-3-27(4-2)12-13-29-19(28)15-8-10-17(11-9-15)25-20(30)26-18-7-5-6-16(14-18)21(22,23)24/h5-11,14H,3-4,12-13H2,1-2H3,(H2,25,26,30). The van der Waals surface area contributed by atoms with Crippen LogP contribution in [0.1, 0.15) is 29.8 Å². The number of halogens is 3. The highest BCUT2D eigenvalue weighted by Crippen LogP contribution is 2.30. The van der Waals surface area contributed by atoms with Crippen molar-refractivity contribution in [3.63, 3.8) is 0 Å². The zero-order chi connectivity index (χ0) is 22.1. The lowest BCUT2D eigenvalue weighted by molar-refractivity contribution is -0.137. The summed E-state index contributed by atoms with van der Waals surface area (Å²) in [6.07, 6.45) is -4.43. The fourth-order valence-corrected chi connectivity index (χ4v) is 2.88. The van der Waals surface area contributed by atoms with Crippen molar-refractivity contribution < 1.29 is 22.7 Å². The number of rotatable bonds is 8. The summed E-state index contributed by atoms with van der Waals surface area (Å²) in [5.74, 6) is -0.418. The topological polar surface area (TPSA) is 53.6 Å². The van der Waals surface area contributed by atoms with Gasteiger partial charge in [-0.2, -0.15) is 13.2 Å². The third-order valence-electron chi connectivity index (χ3n) is 4.36. The smallest absolute Gasteiger partial charge is 0.416 e. The number of thiocarbonyl (C=S) groups is 1. The predicted octanol–water partition coefficient (Wildman–Crippen LogP) is 5.01. The highest BCUT2D eigenvalue weighted by atomic mass is 32.1. The van der Waals surface area contributed by atoms with Crippen LogP contribution in [-0.2, 0) is 10.9 Å². The Bertz CT molecular complexity index is 853. The summed E-state index contributed by atoms with van der Waals surface area (Å²) in [7, 11) is 0. The van der Waals surface area contributed by atoms with Crippen molar-refractivity contribution in [1.29, 1.82) is 0 Å². The Morgan fingerprint density at radius 2 is 1.67 bits per heavy atom. The van der Waals surface area contributed by atoms with Crippen molar-refractivity contribution in [2.75, 3.05) is 36.9 Å². The second-order valence-electron chi connectivity index (χ2n) is 6.40. The molecule has 162 valence electrons. The van der Waals surface area contributed by atoms with Crippen molar-refractivity contribution >= 4 is 34.7 Å². The van der Waals surface area contributed by atoms with Crippen LogP contribution >= 0.6 is 12.2 Å². The monoisotopic (exact) mass is 439 g/mol. The van der Waals surface area contributed by atoms with Crippen LogP contribution < -0.4 is 10.6 Å². The lowest BCUT2D eigenvalue weighted by Crippen LogP contribution is -2.27. The van der Waals surface area contributed by atoms with E-state index in [0.29, 0.717) is 24.4 Å². The van der Waals surface area contributed by atoms with E-state index in [1.165, 1.54) is 12.1 Å². The van der Waals surface area contributed by atoms with Gasteiger partial charge in [-0.1, -0.05) is 19.9 Å². The molecule has 0 aliphatic rings. The quantitative estimate of drug-likeness (QED) is 0.445. The molecule has 0 bridgehead atoms. The number of ether oxygens (including phenoxy) is 1. The van der Waals surface area contributed by atoms with Gasteiger partial charge in [0, 0.05) is 17.9 Å². The van der Waals surface area contributed by atoms with E-state index in [-0.39, 0.29) is 10.8 Å². The van der Waals surface area contributed by atoms with E-state index < -0.39 is 17.7 Å². The molecule has 2 aromatic rings. The number of alkyl halides is 3. The molecule has 0 heterocycles. The number of carbonyl (C=O) groups excluding carboxylic acids is 1. The molecule has 0 aliphatic carbocycles. The first-order valence-corrected chi connectivity index (χ1v) is 9.88. The summed E-state index contributed by atoms with van der Waals surface area (Å²) in [5.41, 5.74) is 0.436. The number of likely N-dealkylation sites (N-methyl/N-ethyl adjacent to an activating group) is 1. The van der Waals surface area contributed by atoms with Crippen molar-refractivity contribution in [1.82, 2.24) is 4.90 Å². The molecule has 0 saturated heterocycles. The Balaban J connectivity index is 1.88. The van der Waals surface area contributed by atoms with Crippen molar-refractivity contribution in [2.24, 2.45) is 0 Å². The number of esters is 1. The van der Waals surface area contributed by atoms with E-state index in [4.69, 9.17) is 17.0 Å². The largest absolute Gasteiger partial charge is 0.461 e. The molecule has 0 amide bonds. The number of hydrogen-bond acceptors (Lipinski definition) is 4. The Hall–Kier alpha value is -2.65. The Labute approximate surface area is 179 Å². The van der Waals surface area contributed by atoms with Crippen molar-refractivity contribution in [3.8, 4) is 0 Å². The van der Waals surface area contributed by atoms with Crippen LogP contribution in [0.4, 0.5) is 24.5 Å². The minimum Gasteiger partial charge on any atom is -0.461 e. The van der Waals surface area contributed by atoms with Gasteiger partial charge in [0.25, 0.3) is 0 Å². The normalized spacial score (nSPS) is 11.3. The molecule has 2 rings (SSSR count). The van der Waals surface area contributed by atoms with Gasteiger partial charge in [0.15, 0.2) is 5.11 Å². The summed E-state index contributed by atoms with van der Waals surface area (Å²) < 4.78 is 43.6. The minimum atomic E-state index is -4.43. The molecule has 2 aromatic carbocycles. The maximum Gasteiger partial charge on any atom is 0.416 e. The first kappa shape index (κ1) is 23.6. The second kappa shape index (κ2) is 10.9. The molecule has 9 heteroatoms. The highest BCUT2D eigenvalue weighted by Gasteiger charge is 2.30. The SMILES string of the molecule is CCN(CC)CCOC(=O)c1ccc(NC(=S)Nc2cccc(C(F)(F)F)c2)cc1. The van der Waals surface area contributed by atoms with Crippen LogP contribution in [-0.4, -0.2) is 42.2 Å². The van der Waals surface area contributed by atoms with Gasteiger partial charge in [0.2, 0.25) is 0 Å².